The summed E-state index contributed by atoms with van der Waals surface area (Å²) in [4.78, 5) is 6.45. The minimum Gasteiger partial charge on any atom is -0.432 e. The number of nitrogens with zero attached hydrogens (tertiary/aromatic N) is 4. The van der Waals surface area contributed by atoms with Gasteiger partial charge in [0.2, 0.25) is 0 Å². The molecule has 1 aliphatic carbocycles. The predicted molar refractivity (Wildman–Crippen MR) is 130 cm³/mol. The molecule has 0 bridgehead atoms. The van der Waals surface area contributed by atoms with Crippen LogP contribution in [0.5, 0.6) is 5.75 Å². The lowest BCUT2D eigenvalue weighted by atomic mass is 10.1. The monoisotopic (exact) mass is 493 g/mol. The molecular weight excluding hydrogens is 465 g/mol. The maximum atomic E-state index is 13.2. The molecule has 1 saturated heterocycles. The van der Waals surface area contributed by atoms with E-state index in [4.69, 9.17) is 10.5 Å². The number of hydrogen-bond donors (Lipinski definition) is 4. The van der Waals surface area contributed by atoms with E-state index in [1.165, 1.54) is 12.1 Å². The lowest BCUT2D eigenvalue weighted by Crippen LogP contribution is -2.32. The van der Waals surface area contributed by atoms with Crippen molar-refractivity contribution in [2.75, 3.05) is 25.9 Å². The van der Waals surface area contributed by atoms with Crippen LogP contribution in [0.25, 0.3) is 11.1 Å². The molecule has 2 atom stereocenters. The Morgan fingerprint density at radius 3 is 2.67 bits per heavy atom. The summed E-state index contributed by atoms with van der Waals surface area (Å²) < 4.78 is 20.6. The van der Waals surface area contributed by atoms with Crippen LogP contribution >= 0.6 is 0 Å². The summed E-state index contributed by atoms with van der Waals surface area (Å²) in [5.41, 5.74) is 6.13. The molecule has 1 aliphatic heterocycles. The van der Waals surface area contributed by atoms with Gasteiger partial charge in [-0.15, -0.1) is 0 Å². The first-order valence-electron chi connectivity index (χ1n) is 11.8. The fraction of sp³-hybridized carbons (Fsp3) is 0.385. The van der Waals surface area contributed by atoms with Gasteiger partial charge in [0.25, 0.3) is 0 Å². The highest BCUT2D eigenvalue weighted by atomic mass is 19.1. The van der Waals surface area contributed by atoms with Crippen LogP contribution in [-0.2, 0) is 5.97 Å². The third-order valence-electron chi connectivity index (χ3n) is 6.64. The fourth-order valence-corrected chi connectivity index (χ4v) is 4.18. The van der Waals surface area contributed by atoms with Crippen molar-refractivity contribution < 1.29 is 24.4 Å². The van der Waals surface area contributed by atoms with Gasteiger partial charge in [-0.3, -0.25) is 4.68 Å². The fourth-order valence-electron chi connectivity index (χ4n) is 4.18. The molecule has 36 heavy (non-hydrogen) atoms. The number of aromatic nitrogens is 3. The van der Waals surface area contributed by atoms with E-state index in [1.807, 2.05) is 10.9 Å². The molecule has 2 aliphatic rings. The van der Waals surface area contributed by atoms with Crippen molar-refractivity contribution in [3.8, 4) is 28.7 Å². The van der Waals surface area contributed by atoms with Crippen LogP contribution in [0.3, 0.4) is 0 Å². The molecule has 0 spiro atoms. The first-order valence-corrected chi connectivity index (χ1v) is 11.8. The average molecular weight is 494 g/mol. The van der Waals surface area contributed by atoms with Crippen LogP contribution in [0, 0.1) is 11.8 Å². The van der Waals surface area contributed by atoms with Gasteiger partial charge in [-0.25, -0.2) is 9.37 Å². The Hall–Kier alpha value is -3.49. The molecule has 1 aromatic carbocycles. The van der Waals surface area contributed by atoms with Gasteiger partial charge < -0.3 is 30.7 Å². The number of pyridine rings is 1. The van der Waals surface area contributed by atoms with E-state index in [1.54, 1.807) is 30.6 Å². The van der Waals surface area contributed by atoms with Gasteiger partial charge in [-0.05, 0) is 57.2 Å². The average Bonchev–Trinajstić information content (AvgIpc) is 3.22. The van der Waals surface area contributed by atoms with Crippen molar-refractivity contribution in [3.63, 3.8) is 0 Å². The largest absolute Gasteiger partial charge is 0.432 e. The molecular formula is C26H28FN5O4. The van der Waals surface area contributed by atoms with E-state index in [0.29, 0.717) is 17.2 Å². The second-order valence-corrected chi connectivity index (χ2v) is 9.49. The minimum atomic E-state index is -2.75. The maximum absolute atomic E-state index is 13.2. The van der Waals surface area contributed by atoms with E-state index >= 15 is 0 Å². The number of halogens is 1. The zero-order chi connectivity index (χ0) is 25.5. The molecule has 1 saturated carbocycles. The number of alkyl halides is 1. The smallest absolute Gasteiger partial charge is 0.351 e. The summed E-state index contributed by atoms with van der Waals surface area (Å²) in [6.45, 7) is 2.03. The summed E-state index contributed by atoms with van der Waals surface area (Å²) in [5, 5.41) is 35.7. The quantitative estimate of drug-likeness (QED) is 0.313. The molecule has 5 rings (SSSR count). The molecule has 9 nitrogen and oxygen atoms in total. The highest BCUT2D eigenvalue weighted by molar-refractivity contribution is 5.66. The van der Waals surface area contributed by atoms with E-state index < -0.39 is 17.7 Å². The molecule has 2 fully saturated rings. The van der Waals surface area contributed by atoms with Crippen molar-refractivity contribution in [2.45, 2.75) is 43.1 Å². The van der Waals surface area contributed by atoms with E-state index in [-0.39, 0.29) is 23.6 Å². The molecule has 0 radical (unpaired) electrons. The van der Waals surface area contributed by atoms with Gasteiger partial charge in [0.1, 0.15) is 6.17 Å². The lowest BCUT2D eigenvalue weighted by molar-refractivity contribution is -0.303. The summed E-state index contributed by atoms with van der Waals surface area (Å²) in [5.74, 6) is 2.35. The Morgan fingerprint density at radius 2 is 1.94 bits per heavy atom. The topological polar surface area (TPSA) is 130 Å². The van der Waals surface area contributed by atoms with E-state index in [0.717, 1.165) is 31.5 Å². The molecule has 2 aromatic heterocycles. The second kappa shape index (κ2) is 9.19. The zero-order valence-electron chi connectivity index (χ0n) is 19.8. The van der Waals surface area contributed by atoms with E-state index in [2.05, 4.69) is 33.9 Å². The molecule has 3 heterocycles. The highest BCUT2D eigenvalue weighted by Gasteiger charge is 2.53. The number of piperidine rings is 1. The Labute approximate surface area is 208 Å². The van der Waals surface area contributed by atoms with Gasteiger partial charge >= 0.3 is 5.97 Å². The SMILES string of the molecule is CN1CCC(n2cc(-c3cnc(N)c(OC(O)(O)c4cccc(C#CC5(O)CC5F)c4)c3)cn2)CC1. The molecule has 2 unspecified atom stereocenters. The van der Waals surface area contributed by atoms with Crippen molar-refractivity contribution in [1.29, 1.82) is 0 Å². The molecule has 10 heteroatoms. The van der Waals surface area contributed by atoms with Crippen molar-refractivity contribution in [3.05, 3.63) is 60.0 Å². The van der Waals surface area contributed by atoms with Gasteiger partial charge in [-0.2, -0.15) is 5.10 Å². The van der Waals surface area contributed by atoms with Crippen molar-refractivity contribution >= 4 is 5.82 Å². The Morgan fingerprint density at radius 1 is 1.19 bits per heavy atom. The highest BCUT2D eigenvalue weighted by Crippen LogP contribution is 2.38. The number of hydrogen-bond acceptors (Lipinski definition) is 8. The number of aliphatic hydroxyl groups is 3. The van der Waals surface area contributed by atoms with Crippen LogP contribution in [0.4, 0.5) is 10.2 Å². The molecule has 5 N–H and O–H groups in total. The normalized spacial score (nSPS) is 22.6. The van der Waals surface area contributed by atoms with Gasteiger partial charge in [0, 0.05) is 35.5 Å². The van der Waals surface area contributed by atoms with Crippen LogP contribution < -0.4 is 10.5 Å². The first-order chi connectivity index (χ1) is 17.1. The number of anilines is 1. The Kier molecular flexibility index (Phi) is 6.18. The lowest BCUT2D eigenvalue weighted by Gasteiger charge is -2.28. The van der Waals surface area contributed by atoms with Crippen molar-refractivity contribution in [1.82, 2.24) is 19.7 Å². The van der Waals surface area contributed by atoms with Crippen LogP contribution in [0.1, 0.15) is 36.4 Å². The van der Waals surface area contributed by atoms with Crippen LogP contribution in [-0.4, -0.2) is 66.9 Å². The summed E-state index contributed by atoms with van der Waals surface area (Å²) in [6.07, 6.45) is 5.87. The number of nitrogens with two attached hydrogens (primary N) is 1. The number of rotatable bonds is 5. The standard InChI is InChI=1S/C26H28FN5O4/c1-31-9-6-21(7-10-31)32-16-19(15-30-32)18-12-22(24(28)29-14-18)36-26(34,35)20-4-2-3-17(11-20)5-8-25(33)13-23(25)27/h2-4,11-12,14-16,21,23,33-35H,6-7,9-10,13H2,1H3,(H2,28,29). The predicted octanol–water partition coefficient (Wildman–Crippen LogP) is 1.79. The van der Waals surface area contributed by atoms with E-state index in [9.17, 15) is 19.7 Å². The summed E-state index contributed by atoms with van der Waals surface area (Å²) >= 11 is 0. The van der Waals surface area contributed by atoms with Crippen LogP contribution in [0.2, 0.25) is 0 Å². The number of ether oxygens (including phenoxy) is 1. The number of nitrogen functional groups attached to an aromatic ring is 1. The van der Waals surface area contributed by atoms with Gasteiger partial charge in [0.05, 0.1) is 17.8 Å². The maximum Gasteiger partial charge on any atom is 0.351 e. The summed E-state index contributed by atoms with van der Waals surface area (Å²) in [6, 6.07) is 7.86. The Balaban J connectivity index is 1.34. The number of benzene rings is 1. The van der Waals surface area contributed by atoms with Gasteiger partial charge in [-0.1, -0.05) is 17.9 Å². The summed E-state index contributed by atoms with van der Waals surface area (Å²) in [7, 11) is 2.11. The van der Waals surface area contributed by atoms with Crippen LogP contribution in [0.15, 0.2) is 48.9 Å². The minimum absolute atomic E-state index is 0.0187. The van der Waals surface area contributed by atoms with Gasteiger partial charge in [0.15, 0.2) is 17.2 Å². The molecule has 3 aromatic rings. The third-order valence-corrected chi connectivity index (χ3v) is 6.64. The zero-order valence-corrected chi connectivity index (χ0v) is 19.8. The number of likely N-dealkylation sites (tertiary alicyclic amines) is 1. The molecule has 0 amide bonds. The third kappa shape index (κ3) is 5.05. The molecule has 188 valence electrons. The first kappa shape index (κ1) is 24.2. The van der Waals surface area contributed by atoms with Crippen molar-refractivity contribution in [2.24, 2.45) is 0 Å². The second-order valence-electron chi connectivity index (χ2n) is 9.49. The Bertz CT molecular complexity index is 1330.